The average molecular weight is 194 g/mol. The van der Waals surface area contributed by atoms with Gasteiger partial charge in [-0.25, -0.2) is 0 Å². The molecule has 0 fully saturated rings. The normalized spacial score (nSPS) is 13.9. The highest BCUT2D eigenvalue weighted by Crippen LogP contribution is 2.25. The Bertz CT molecular complexity index is 98.2. The van der Waals surface area contributed by atoms with E-state index >= 15 is 0 Å². The van der Waals surface area contributed by atoms with E-state index in [0.29, 0.717) is 0 Å². The molecular weight excluding hydrogens is 183 g/mol. The second-order valence-corrected chi connectivity index (χ2v) is 1.93. The minimum absolute atomic E-state index is 0. The van der Waals surface area contributed by atoms with Gasteiger partial charge < -0.3 is 10.5 Å². The number of alkyl halides is 3. The molecule has 0 rings (SSSR count). The van der Waals surface area contributed by atoms with Crippen molar-refractivity contribution in [2.75, 3.05) is 20.3 Å². The number of halogens is 4. The molecule has 0 spiro atoms. The van der Waals surface area contributed by atoms with Crippen LogP contribution in [0.2, 0.25) is 0 Å². The van der Waals surface area contributed by atoms with Crippen molar-refractivity contribution in [2.24, 2.45) is 11.7 Å². The van der Waals surface area contributed by atoms with Crippen LogP contribution in [0.15, 0.2) is 0 Å². The smallest absolute Gasteiger partial charge is 0.384 e. The lowest BCUT2D eigenvalue weighted by Crippen LogP contribution is -2.33. The zero-order valence-corrected chi connectivity index (χ0v) is 6.84. The maximum Gasteiger partial charge on any atom is 0.395 e. The molecule has 0 aromatic rings. The largest absolute Gasteiger partial charge is 0.395 e. The van der Waals surface area contributed by atoms with Gasteiger partial charge in [0.1, 0.15) is 0 Å². The minimum atomic E-state index is -4.23. The Kier molecular flexibility index (Phi) is 6.94. The van der Waals surface area contributed by atoms with Gasteiger partial charge in [-0.3, -0.25) is 0 Å². The second-order valence-electron chi connectivity index (χ2n) is 1.93. The first-order valence-corrected chi connectivity index (χ1v) is 2.78. The Morgan fingerprint density at radius 3 is 2.00 bits per heavy atom. The number of rotatable bonds is 3. The standard InChI is InChI=1S/C5H10F3NO.ClH/c1-10-3-4(2-9)5(6,7)8;/h4H,2-3,9H2,1H3;1H. The van der Waals surface area contributed by atoms with Crippen LogP contribution in [0.4, 0.5) is 13.2 Å². The van der Waals surface area contributed by atoms with Crippen LogP contribution in [0, 0.1) is 5.92 Å². The maximum absolute atomic E-state index is 11.7. The molecule has 0 aromatic carbocycles. The van der Waals surface area contributed by atoms with Gasteiger partial charge in [-0.2, -0.15) is 13.2 Å². The lowest BCUT2D eigenvalue weighted by atomic mass is 10.1. The van der Waals surface area contributed by atoms with E-state index in [0.717, 1.165) is 0 Å². The van der Waals surface area contributed by atoms with Gasteiger partial charge in [0.2, 0.25) is 0 Å². The molecule has 1 atom stereocenters. The predicted octanol–water partition coefficient (Wildman–Crippen LogP) is 1.19. The molecule has 0 aromatic heterocycles. The molecule has 2 N–H and O–H groups in total. The molecule has 0 aliphatic carbocycles. The molecule has 6 heteroatoms. The van der Waals surface area contributed by atoms with Gasteiger partial charge in [-0.05, 0) is 0 Å². The van der Waals surface area contributed by atoms with E-state index in [2.05, 4.69) is 4.74 Å². The van der Waals surface area contributed by atoms with E-state index in [1.54, 1.807) is 0 Å². The van der Waals surface area contributed by atoms with Gasteiger partial charge in [-0.15, -0.1) is 12.4 Å². The highest BCUT2D eigenvalue weighted by Gasteiger charge is 2.38. The van der Waals surface area contributed by atoms with Crippen molar-refractivity contribution in [1.82, 2.24) is 0 Å². The first-order chi connectivity index (χ1) is 4.52. The van der Waals surface area contributed by atoms with E-state index < -0.39 is 18.6 Å². The molecule has 0 amide bonds. The van der Waals surface area contributed by atoms with Gasteiger partial charge in [0.15, 0.2) is 0 Å². The molecule has 0 heterocycles. The summed E-state index contributed by atoms with van der Waals surface area (Å²) in [5.41, 5.74) is 4.84. The number of hydrogen-bond acceptors (Lipinski definition) is 2. The fourth-order valence-electron chi connectivity index (χ4n) is 0.497. The molecule has 0 saturated heterocycles. The molecule has 0 aliphatic rings. The number of ether oxygens (including phenoxy) is 1. The summed E-state index contributed by atoms with van der Waals surface area (Å²) in [5.74, 6) is -1.53. The van der Waals surface area contributed by atoms with Crippen LogP contribution >= 0.6 is 12.4 Å². The minimum Gasteiger partial charge on any atom is -0.384 e. The summed E-state index contributed by atoms with van der Waals surface area (Å²) < 4.78 is 39.6. The van der Waals surface area contributed by atoms with Gasteiger partial charge in [0, 0.05) is 13.7 Å². The molecule has 70 valence electrons. The number of nitrogens with two attached hydrogens (primary N) is 1. The topological polar surface area (TPSA) is 35.2 Å². The van der Waals surface area contributed by atoms with E-state index in [1.165, 1.54) is 7.11 Å². The molecule has 1 unspecified atom stereocenters. The van der Waals surface area contributed by atoms with E-state index in [1.807, 2.05) is 0 Å². The molecule has 11 heavy (non-hydrogen) atoms. The monoisotopic (exact) mass is 193 g/mol. The van der Waals surface area contributed by atoms with E-state index in [-0.39, 0.29) is 19.0 Å². The number of methoxy groups -OCH3 is 1. The molecule has 2 nitrogen and oxygen atoms in total. The van der Waals surface area contributed by atoms with Crippen LogP contribution in [-0.4, -0.2) is 26.4 Å². The third-order valence-corrected chi connectivity index (χ3v) is 1.12. The van der Waals surface area contributed by atoms with Gasteiger partial charge >= 0.3 is 6.18 Å². The highest BCUT2D eigenvalue weighted by atomic mass is 35.5. The maximum atomic E-state index is 11.7. The summed E-state index contributed by atoms with van der Waals surface area (Å²) in [7, 11) is 1.22. The van der Waals surface area contributed by atoms with Crippen molar-refractivity contribution >= 4 is 12.4 Å². The molecular formula is C5H11ClF3NO. The zero-order chi connectivity index (χ0) is 8.20. The Balaban J connectivity index is 0. The van der Waals surface area contributed by atoms with Crippen LogP contribution < -0.4 is 5.73 Å². The van der Waals surface area contributed by atoms with Crippen LogP contribution in [-0.2, 0) is 4.74 Å². The van der Waals surface area contributed by atoms with Crippen LogP contribution in [0.5, 0.6) is 0 Å². The first-order valence-electron chi connectivity index (χ1n) is 2.78. The zero-order valence-electron chi connectivity index (χ0n) is 6.02. The van der Waals surface area contributed by atoms with Crippen molar-refractivity contribution in [3.05, 3.63) is 0 Å². The quantitative estimate of drug-likeness (QED) is 0.731. The number of hydrogen-bond donors (Lipinski definition) is 1. The molecule has 0 radical (unpaired) electrons. The third-order valence-electron chi connectivity index (χ3n) is 1.12. The molecule has 0 bridgehead atoms. The molecule has 0 saturated carbocycles. The Morgan fingerprint density at radius 2 is 1.91 bits per heavy atom. The summed E-state index contributed by atoms with van der Waals surface area (Å²) in [6, 6.07) is 0. The Labute approximate surface area is 69.3 Å². The van der Waals surface area contributed by atoms with Gasteiger partial charge in [0.25, 0.3) is 0 Å². The van der Waals surface area contributed by atoms with Crippen molar-refractivity contribution in [3.8, 4) is 0 Å². The van der Waals surface area contributed by atoms with E-state index in [9.17, 15) is 13.2 Å². The van der Waals surface area contributed by atoms with E-state index in [4.69, 9.17) is 5.73 Å². The van der Waals surface area contributed by atoms with Crippen molar-refractivity contribution in [3.63, 3.8) is 0 Å². The first kappa shape index (κ1) is 13.6. The summed E-state index contributed by atoms with van der Waals surface area (Å²) in [4.78, 5) is 0. The summed E-state index contributed by atoms with van der Waals surface area (Å²) in [6.07, 6.45) is -4.23. The summed E-state index contributed by atoms with van der Waals surface area (Å²) in [6.45, 7) is -0.780. The van der Waals surface area contributed by atoms with Crippen LogP contribution in [0.25, 0.3) is 0 Å². The predicted molar refractivity (Wildman–Crippen MR) is 37.7 cm³/mol. The molecule has 0 aliphatic heterocycles. The summed E-state index contributed by atoms with van der Waals surface area (Å²) in [5, 5.41) is 0. The fraction of sp³-hybridized carbons (Fsp3) is 1.00. The second kappa shape index (κ2) is 5.62. The Morgan fingerprint density at radius 1 is 1.45 bits per heavy atom. The SMILES string of the molecule is COCC(CN)C(F)(F)F.Cl. The van der Waals surface area contributed by atoms with Crippen LogP contribution in [0.3, 0.4) is 0 Å². The lowest BCUT2D eigenvalue weighted by molar-refractivity contribution is -0.182. The Hall–Kier alpha value is -0.0000000000000000555. The van der Waals surface area contributed by atoms with Crippen molar-refractivity contribution < 1.29 is 17.9 Å². The highest BCUT2D eigenvalue weighted by molar-refractivity contribution is 5.85. The van der Waals surface area contributed by atoms with Crippen molar-refractivity contribution in [2.45, 2.75) is 6.18 Å². The van der Waals surface area contributed by atoms with Crippen molar-refractivity contribution in [1.29, 1.82) is 0 Å². The lowest BCUT2D eigenvalue weighted by Gasteiger charge is -2.16. The van der Waals surface area contributed by atoms with Gasteiger partial charge in [-0.1, -0.05) is 0 Å². The average Bonchev–Trinajstić information content (AvgIpc) is 1.80. The fourth-order valence-corrected chi connectivity index (χ4v) is 0.497. The van der Waals surface area contributed by atoms with Crippen LogP contribution in [0.1, 0.15) is 0 Å². The summed E-state index contributed by atoms with van der Waals surface area (Å²) >= 11 is 0. The third kappa shape index (κ3) is 5.29. The van der Waals surface area contributed by atoms with Gasteiger partial charge in [0.05, 0.1) is 12.5 Å².